The highest BCUT2D eigenvalue weighted by molar-refractivity contribution is 9.10. The van der Waals surface area contributed by atoms with Crippen molar-refractivity contribution in [3.8, 4) is 0 Å². The first kappa shape index (κ1) is 14.7. The zero-order valence-corrected chi connectivity index (χ0v) is 12.2. The molecule has 1 aromatic rings. The molecule has 0 saturated heterocycles. The van der Waals surface area contributed by atoms with Crippen LogP contribution in [0, 0.1) is 5.92 Å². The van der Waals surface area contributed by atoms with Gasteiger partial charge in [-0.3, -0.25) is 0 Å². The standard InChI is InChI=1S/C14H22BrNO/c1-3-11(4-2)9-16-10-14(17)12-6-5-7-13(15)8-12/h5-8,11,14,16-17H,3-4,9-10H2,1-2H3. The summed E-state index contributed by atoms with van der Waals surface area (Å²) in [7, 11) is 0. The molecule has 1 aromatic carbocycles. The van der Waals surface area contributed by atoms with Gasteiger partial charge in [-0.1, -0.05) is 54.8 Å². The van der Waals surface area contributed by atoms with Crippen LogP contribution in [-0.2, 0) is 0 Å². The van der Waals surface area contributed by atoms with Crippen LogP contribution in [0.4, 0.5) is 0 Å². The molecule has 0 radical (unpaired) electrons. The molecule has 1 atom stereocenters. The van der Waals surface area contributed by atoms with Crippen LogP contribution in [-0.4, -0.2) is 18.2 Å². The fourth-order valence-electron chi connectivity index (χ4n) is 1.83. The third-order valence-electron chi connectivity index (χ3n) is 3.16. The van der Waals surface area contributed by atoms with E-state index in [1.807, 2.05) is 24.3 Å². The highest BCUT2D eigenvalue weighted by Gasteiger charge is 2.08. The fourth-order valence-corrected chi connectivity index (χ4v) is 2.25. The molecular formula is C14H22BrNO. The van der Waals surface area contributed by atoms with Gasteiger partial charge < -0.3 is 10.4 Å². The Labute approximate surface area is 113 Å². The molecule has 0 aliphatic heterocycles. The Kier molecular flexibility index (Phi) is 6.78. The lowest BCUT2D eigenvalue weighted by Gasteiger charge is -2.16. The highest BCUT2D eigenvalue weighted by Crippen LogP contribution is 2.17. The summed E-state index contributed by atoms with van der Waals surface area (Å²) in [4.78, 5) is 0. The van der Waals surface area contributed by atoms with Gasteiger partial charge in [-0.05, 0) is 30.2 Å². The van der Waals surface area contributed by atoms with E-state index < -0.39 is 6.10 Å². The van der Waals surface area contributed by atoms with Gasteiger partial charge in [0.25, 0.3) is 0 Å². The van der Waals surface area contributed by atoms with E-state index in [4.69, 9.17) is 0 Å². The summed E-state index contributed by atoms with van der Waals surface area (Å²) in [6, 6.07) is 7.83. The van der Waals surface area contributed by atoms with Gasteiger partial charge in [0.15, 0.2) is 0 Å². The number of benzene rings is 1. The Morgan fingerprint density at radius 2 is 1.94 bits per heavy atom. The van der Waals surface area contributed by atoms with E-state index in [-0.39, 0.29) is 0 Å². The number of aliphatic hydroxyl groups is 1. The molecule has 0 aromatic heterocycles. The molecule has 17 heavy (non-hydrogen) atoms. The Bertz CT molecular complexity index is 326. The zero-order valence-electron chi connectivity index (χ0n) is 10.6. The monoisotopic (exact) mass is 299 g/mol. The van der Waals surface area contributed by atoms with Crippen molar-refractivity contribution in [1.82, 2.24) is 5.32 Å². The first-order valence-electron chi connectivity index (χ1n) is 6.31. The van der Waals surface area contributed by atoms with Gasteiger partial charge in [0.2, 0.25) is 0 Å². The van der Waals surface area contributed by atoms with Gasteiger partial charge in [0.05, 0.1) is 6.10 Å². The van der Waals surface area contributed by atoms with Crippen LogP contribution < -0.4 is 5.32 Å². The largest absolute Gasteiger partial charge is 0.387 e. The summed E-state index contributed by atoms with van der Waals surface area (Å²) < 4.78 is 1.01. The molecule has 1 rings (SSSR count). The molecule has 0 bridgehead atoms. The van der Waals surface area contributed by atoms with Crippen molar-refractivity contribution in [3.05, 3.63) is 34.3 Å². The maximum absolute atomic E-state index is 10.0. The van der Waals surface area contributed by atoms with E-state index in [9.17, 15) is 5.11 Å². The number of aliphatic hydroxyl groups excluding tert-OH is 1. The molecule has 3 heteroatoms. The van der Waals surface area contributed by atoms with E-state index in [1.54, 1.807) is 0 Å². The first-order chi connectivity index (χ1) is 8.17. The predicted octanol–water partition coefficient (Wildman–Crippen LogP) is 3.51. The summed E-state index contributed by atoms with van der Waals surface area (Å²) >= 11 is 3.41. The molecule has 96 valence electrons. The SMILES string of the molecule is CCC(CC)CNCC(O)c1cccc(Br)c1. The lowest BCUT2D eigenvalue weighted by Crippen LogP contribution is -2.27. The second kappa shape index (κ2) is 7.85. The van der Waals surface area contributed by atoms with Crippen LogP contribution in [0.2, 0.25) is 0 Å². The number of rotatable bonds is 7. The molecule has 0 aliphatic carbocycles. The molecule has 0 spiro atoms. The average Bonchev–Trinajstić information content (AvgIpc) is 2.34. The van der Waals surface area contributed by atoms with Crippen LogP contribution in [0.5, 0.6) is 0 Å². The van der Waals surface area contributed by atoms with Crippen LogP contribution in [0.1, 0.15) is 38.4 Å². The van der Waals surface area contributed by atoms with E-state index in [0.29, 0.717) is 12.5 Å². The van der Waals surface area contributed by atoms with Crippen molar-refractivity contribution >= 4 is 15.9 Å². The van der Waals surface area contributed by atoms with Crippen molar-refractivity contribution < 1.29 is 5.11 Å². The Morgan fingerprint density at radius 3 is 2.53 bits per heavy atom. The fraction of sp³-hybridized carbons (Fsp3) is 0.571. The normalized spacial score (nSPS) is 13.0. The van der Waals surface area contributed by atoms with Crippen LogP contribution in [0.15, 0.2) is 28.7 Å². The smallest absolute Gasteiger partial charge is 0.0914 e. The minimum absolute atomic E-state index is 0.429. The molecule has 2 nitrogen and oxygen atoms in total. The molecule has 1 unspecified atom stereocenters. The van der Waals surface area contributed by atoms with E-state index in [1.165, 1.54) is 12.8 Å². The third kappa shape index (κ3) is 5.19. The molecular weight excluding hydrogens is 278 g/mol. The minimum atomic E-state index is -0.429. The van der Waals surface area contributed by atoms with Crippen molar-refractivity contribution in [1.29, 1.82) is 0 Å². The molecule has 0 fully saturated rings. The van der Waals surface area contributed by atoms with Crippen LogP contribution in [0.3, 0.4) is 0 Å². The van der Waals surface area contributed by atoms with Gasteiger partial charge in [-0.15, -0.1) is 0 Å². The van der Waals surface area contributed by atoms with Crippen molar-refractivity contribution in [2.24, 2.45) is 5.92 Å². The Hall–Kier alpha value is -0.380. The van der Waals surface area contributed by atoms with Gasteiger partial charge in [0.1, 0.15) is 0 Å². The van der Waals surface area contributed by atoms with Crippen LogP contribution in [0.25, 0.3) is 0 Å². The van der Waals surface area contributed by atoms with Gasteiger partial charge in [-0.25, -0.2) is 0 Å². The Balaban J connectivity index is 2.37. The second-order valence-corrected chi connectivity index (χ2v) is 5.33. The summed E-state index contributed by atoms with van der Waals surface area (Å²) in [5, 5.41) is 13.4. The van der Waals surface area contributed by atoms with Gasteiger partial charge in [0, 0.05) is 11.0 Å². The summed E-state index contributed by atoms with van der Waals surface area (Å²) in [5.74, 6) is 0.713. The van der Waals surface area contributed by atoms with Crippen molar-refractivity contribution in [2.45, 2.75) is 32.8 Å². The molecule has 2 N–H and O–H groups in total. The zero-order chi connectivity index (χ0) is 12.7. The van der Waals surface area contributed by atoms with Crippen molar-refractivity contribution in [2.75, 3.05) is 13.1 Å². The lowest BCUT2D eigenvalue weighted by molar-refractivity contribution is 0.172. The summed E-state index contributed by atoms with van der Waals surface area (Å²) in [6.07, 6.45) is 1.95. The number of hydrogen-bond donors (Lipinski definition) is 2. The summed E-state index contributed by atoms with van der Waals surface area (Å²) in [6.45, 7) is 6.02. The maximum atomic E-state index is 10.0. The number of nitrogens with one attached hydrogen (secondary N) is 1. The van der Waals surface area contributed by atoms with Crippen LogP contribution >= 0.6 is 15.9 Å². The van der Waals surface area contributed by atoms with Gasteiger partial charge >= 0.3 is 0 Å². The number of hydrogen-bond acceptors (Lipinski definition) is 2. The van der Waals surface area contributed by atoms with E-state index >= 15 is 0 Å². The lowest BCUT2D eigenvalue weighted by atomic mass is 10.0. The Morgan fingerprint density at radius 1 is 1.24 bits per heavy atom. The highest BCUT2D eigenvalue weighted by atomic mass is 79.9. The topological polar surface area (TPSA) is 32.3 Å². The summed E-state index contributed by atoms with van der Waals surface area (Å²) in [5.41, 5.74) is 0.955. The molecule has 0 heterocycles. The van der Waals surface area contributed by atoms with E-state index in [0.717, 1.165) is 16.6 Å². The maximum Gasteiger partial charge on any atom is 0.0914 e. The van der Waals surface area contributed by atoms with Gasteiger partial charge in [-0.2, -0.15) is 0 Å². The quantitative estimate of drug-likeness (QED) is 0.807. The van der Waals surface area contributed by atoms with Crippen molar-refractivity contribution in [3.63, 3.8) is 0 Å². The predicted molar refractivity (Wildman–Crippen MR) is 76.0 cm³/mol. The molecule has 0 aliphatic rings. The average molecular weight is 300 g/mol. The minimum Gasteiger partial charge on any atom is -0.387 e. The second-order valence-electron chi connectivity index (χ2n) is 4.41. The van der Waals surface area contributed by atoms with E-state index in [2.05, 4.69) is 35.1 Å². The number of halogens is 1. The third-order valence-corrected chi connectivity index (χ3v) is 3.65. The molecule has 0 saturated carbocycles. The molecule has 0 amide bonds. The first-order valence-corrected chi connectivity index (χ1v) is 7.10.